The second kappa shape index (κ2) is 7.32. The molecule has 0 aliphatic carbocycles. The zero-order chi connectivity index (χ0) is 16.1. The highest BCUT2D eigenvalue weighted by molar-refractivity contribution is 6.30. The van der Waals surface area contributed by atoms with Crippen LogP contribution in [0.25, 0.3) is 0 Å². The molecule has 1 unspecified atom stereocenters. The van der Waals surface area contributed by atoms with Gasteiger partial charge in [0.1, 0.15) is 6.10 Å². The summed E-state index contributed by atoms with van der Waals surface area (Å²) in [6, 6.07) is 25.3. The monoisotopic (exact) mass is 323 g/mol. The second-order valence-corrected chi connectivity index (χ2v) is 5.82. The Bertz CT molecular complexity index is 759. The number of hydrogen-bond acceptors (Lipinski definition) is 2. The van der Waals surface area contributed by atoms with Crippen molar-refractivity contribution in [1.82, 2.24) is 0 Å². The first-order chi connectivity index (χ1) is 11.2. The molecule has 0 amide bonds. The molecule has 0 radical (unpaired) electrons. The lowest BCUT2D eigenvalue weighted by Gasteiger charge is -2.18. The van der Waals surface area contributed by atoms with Crippen molar-refractivity contribution in [3.63, 3.8) is 0 Å². The Hall–Kier alpha value is -2.29. The topological polar surface area (TPSA) is 32.3 Å². The van der Waals surface area contributed by atoms with E-state index < -0.39 is 6.10 Å². The molecule has 23 heavy (non-hydrogen) atoms. The van der Waals surface area contributed by atoms with Crippen molar-refractivity contribution in [1.29, 1.82) is 0 Å². The Balaban J connectivity index is 1.86. The molecule has 0 bridgehead atoms. The van der Waals surface area contributed by atoms with E-state index in [1.54, 1.807) is 0 Å². The number of aliphatic hydroxyl groups excluding tert-OH is 1. The van der Waals surface area contributed by atoms with E-state index in [4.69, 9.17) is 11.6 Å². The van der Waals surface area contributed by atoms with Crippen molar-refractivity contribution in [2.75, 3.05) is 5.32 Å². The molecule has 1 atom stereocenters. The molecule has 3 heteroatoms. The maximum Gasteiger partial charge on any atom is 0.106 e. The van der Waals surface area contributed by atoms with Crippen LogP contribution in [0.15, 0.2) is 78.9 Å². The average Bonchev–Trinajstić information content (AvgIpc) is 2.61. The van der Waals surface area contributed by atoms with Crippen molar-refractivity contribution < 1.29 is 5.11 Å². The summed E-state index contributed by atoms with van der Waals surface area (Å²) in [5.41, 5.74) is 3.69. The molecular weight excluding hydrogens is 306 g/mol. The Morgan fingerprint density at radius 1 is 0.870 bits per heavy atom. The van der Waals surface area contributed by atoms with Gasteiger partial charge in [0.05, 0.1) is 0 Å². The minimum Gasteiger partial charge on any atom is -0.384 e. The Morgan fingerprint density at radius 2 is 1.52 bits per heavy atom. The van der Waals surface area contributed by atoms with Crippen LogP contribution in [-0.4, -0.2) is 5.11 Å². The molecule has 116 valence electrons. The highest BCUT2D eigenvalue weighted by Crippen LogP contribution is 2.31. The van der Waals surface area contributed by atoms with Crippen LogP contribution in [0, 0.1) is 0 Å². The number of aliphatic hydroxyl groups is 1. The molecule has 0 spiro atoms. The van der Waals surface area contributed by atoms with Gasteiger partial charge in [-0.1, -0.05) is 72.3 Å². The fourth-order valence-electron chi connectivity index (χ4n) is 2.53. The molecule has 3 rings (SSSR count). The van der Waals surface area contributed by atoms with Gasteiger partial charge in [0.15, 0.2) is 0 Å². The van der Waals surface area contributed by atoms with E-state index in [0.29, 0.717) is 11.6 Å². The van der Waals surface area contributed by atoms with Crippen LogP contribution in [0.1, 0.15) is 22.8 Å². The third-order valence-electron chi connectivity index (χ3n) is 3.75. The first-order valence-corrected chi connectivity index (χ1v) is 7.92. The fraction of sp³-hybridized carbons (Fsp3) is 0.100. The van der Waals surface area contributed by atoms with Crippen LogP contribution in [0.4, 0.5) is 5.69 Å². The second-order valence-electron chi connectivity index (χ2n) is 5.38. The minimum absolute atomic E-state index is 0.611. The molecule has 2 N–H and O–H groups in total. The smallest absolute Gasteiger partial charge is 0.106 e. The average molecular weight is 324 g/mol. The predicted octanol–water partition coefficient (Wildman–Crippen LogP) is 5.03. The van der Waals surface area contributed by atoms with E-state index in [1.165, 1.54) is 5.56 Å². The van der Waals surface area contributed by atoms with Gasteiger partial charge in [-0.3, -0.25) is 0 Å². The normalized spacial score (nSPS) is 11.9. The first-order valence-electron chi connectivity index (χ1n) is 7.54. The van der Waals surface area contributed by atoms with E-state index in [0.717, 1.165) is 16.8 Å². The van der Waals surface area contributed by atoms with Crippen molar-refractivity contribution in [2.45, 2.75) is 12.6 Å². The summed E-state index contributed by atoms with van der Waals surface area (Å²) in [6.45, 7) is 0.691. The van der Waals surface area contributed by atoms with Crippen LogP contribution in [-0.2, 0) is 6.54 Å². The molecule has 0 heterocycles. The predicted molar refractivity (Wildman–Crippen MR) is 95.7 cm³/mol. The lowest BCUT2D eigenvalue weighted by atomic mass is 10.00. The molecule has 3 aromatic rings. The van der Waals surface area contributed by atoms with Gasteiger partial charge in [-0.05, 0) is 29.3 Å². The zero-order valence-corrected chi connectivity index (χ0v) is 13.4. The highest BCUT2D eigenvalue weighted by atomic mass is 35.5. The maximum atomic E-state index is 10.7. The first kappa shape index (κ1) is 15.6. The standard InChI is InChI=1S/C20H18ClNO/c21-17-11-12-19(22-14-15-7-3-1-4-8-15)18(13-17)20(23)16-9-5-2-6-10-16/h1-13,20,22-23H,14H2. The van der Waals surface area contributed by atoms with Crippen LogP contribution >= 0.6 is 11.6 Å². The number of hydrogen-bond donors (Lipinski definition) is 2. The SMILES string of the molecule is OC(c1ccccc1)c1cc(Cl)ccc1NCc1ccccc1. The van der Waals surface area contributed by atoms with Gasteiger partial charge in [0.2, 0.25) is 0 Å². The summed E-state index contributed by atoms with van der Waals surface area (Å²) < 4.78 is 0. The van der Waals surface area contributed by atoms with Crippen LogP contribution in [0.5, 0.6) is 0 Å². The van der Waals surface area contributed by atoms with Gasteiger partial charge < -0.3 is 10.4 Å². The lowest BCUT2D eigenvalue weighted by Crippen LogP contribution is -2.07. The van der Waals surface area contributed by atoms with Crippen molar-refractivity contribution in [3.05, 3.63) is 101 Å². The molecule has 0 saturated carbocycles. The summed E-state index contributed by atoms with van der Waals surface area (Å²) in [4.78, 5) is 0. The summed E-state index contributed by atoms with van der Waals surface area (Å²) in [5, 5.41) is 14.7. The van der Waals surface area contributed by atoms with Gasteiger partial charge in [0, 0.05) is 22.8 Å². The molecule has 0 aromatic heterocycles. The number of halogens is 1. The molecule has 0 fully saturated rings. The summed E-state index contributed by atoms with van der Waals surface area (Å²) >= 11 is 6.13. The van der Waals surface area contributed by atoms with E-state index >= 15 is 0 Å². The number of benzene rings is 3. The summed E-state index contributed by atoms with van der Waals surface area (Å²) in [7, 11) is 0. The molecule has 0 saturated heterocycles. The van der Waals surface area contributed by atoms with Gasteiger partial charge in [-0.15, -0.1) is 0 Å². The Morgan fingerprint density at radius 3 is 2.22 bits per heavy atom. The zero-order valence-electron chi connectivity index (χ0n) is 12.6. The van der Waals surface area contributed by atoms with E-state index in [1.807, 2.05) is 66.7 Å². The fourth-order valence-corrected chi connectivity index (χ4v) is 2.71. The molecule has 0 aliphatic rings. The maximum absolute atomic E-state index is 10.7. The highest BCUT2D eigenvalue weighted by Gasteiger charge is 2.15. The third kappa shape index (κ3) is 3.92. The molecule has 0 aliphatic heterocycles. The van der Waals surface area contributed by atoms with Gasteiger partial charge >= 0.3 is 0 Å². The van der Waals surface area contributed by atoms with E-state index in [9.17, 15) is 5.11 Å². The van der Waals surface area contributed by atoms with Crippen molar-refractivity contribution >= 4 is 17.3 Å². The number of anilines is 1. The van der Waals surface area contributed by atoms with Crippen LogP contribution in [0.3, 0.4) is 0 Å². The molecule has 3 aromatic carbocycles. The minimum atomic E-state index is -0.715. The third-order valence-corrected chi connectivity index (χ3v) is 3.98. The number of nitrogens with one attached hydrogen (secondary N) is 1. The van der Waals surface area contributed by atoms with Gasteiger partial charge in [-0.2, -0.15) is 0 Å². The van der Waals surface area contributed by atoms with Crippen molar-refractivity contribution in [3.8, 4) is 0 Å². The Labute approximate surface area is 141 Å². The summed E-state index contributed by atoms with van der Waals surface area (Å²) in [6.07, 6.45) is -0.715. The van der Waals surface area contributed by atoms with Gasteiger partial charge in [-0.25, -0.2) is 0 Å². The van der Waals surface area contributed by atoms with Crippen molar-refractivity contribution in [2.24, 2.45) is 0 Å². The summed E-state index contributed by atoms with van der Waals surface area (Å²) in [5.74, 6) is 0. The molecule has 2 nitrogen and oxygen atoms in total. The van der Waals surface area contributed by atoms with Gasteiger partial charge in [0.25, 0.3) is 0 Å². The van der Waals surface area contributed by atoms with Crippen LogP contribution < -0.4 is 5.32 Å². The van der Waals surface area contributed by atoms with E-state index in [-0.39, 0.29) is 0 Å². The number of rotatable bonds is 5. The largest absolute Gasteiger partial charge is 0.384 e. The molecular formula is C20H18ClNO. The Kier molecular flexibility index (Phi) is 4.96. The van der Waals surface area contributed by atoms with Crippen LogP contribution in [0.2, 0.25) is 5.02 Å². The quantitative estimate of drug-likeness (QED) is 0.690. The lowest BCUT2D eigenvalue weighted by molar-refractivity contribution is 0.221. The van der Waals surface area contributed by atoms with E-state index in [2.05, 4.69) is 17.4 Å².